The number of halogens is 1. The van der Waals surface area contributed by atoms with Crippen molar-refractivity contribution in [1.82, 2.24) is 0 Å². The number of hydrogen-bond donors (Lipinski definition) is 2. The molecule has 1 aliphatic carbocycles. The zero-order valence-electron chi connectivity index (χ0n) is 9.42. The Morgan fingerprint density at radius 1 is 1.29 bits per heavy atom. The van der Waals surface area contributed by atoms with E-state index < -0.39 is 24.6 Å². The van der Waals surface area contributed by atoms with Crippen molar-refractivity contribution in [3.8, 4) is 0 Å². The molecule has 0 amide bonds. The average Bonchev–Trinajstić information content (AvgIpc) is 2.29. The normalized spacial score (nSPS) is 28.6. The predicted octanol–water partition coefficient (Wildman–Crippen LogP) is 1.72. The Labute approximate surface area is 108 Å². The van der Waals surface area contributed by atoms with Crippen LogP contribution < -0.4 is 4.35 Å². The molecule has 1 aliphatic rings. The Hall–Kier alpha value is -0.212. The summed E-state index contributed by atoms with van der Waals surface area (Å²) in [5, 5.41) is 10.3. The molecule has 3 unspecified atom stereocenters. The van der Waals surface area contributed by atoms with Gasteiger partial charge in [0.05, 0.1) is 0 Å². The van der Waals surface area contributed by atoms with Crippen molar-refractivity contribution in [2.24, 2.45) is 0 Å². The predicted molar refractivity (Wildman–Crippen MR) is 68.0 cm³/mol. The first kappa shape index (κ1) is 13.2. The monoisotopic (exact) mass is 318 g/mol. The molecular formula is C12H16AsClO3. The van der Waals surface area contributed by atoms with Gasteiger partial charge in [-0.05, 0) is 0 Å². The molecule has 3 atom stereocenters. The van der Waals surface area contributed by atoms with E-state index in [1.807, 2.05) is 0 Å². The van der Waals surface area contributed by atoms with Gasteiger partial charge >= 0.3 is 109 Å². The van der Waals surface area contributed by atoms with Crippen LogP contribution in [0.2, 0.25) is 9.73 Å². The number of aliphatic hydroxyl groups is 1. The van der Waals surface area contributed by atoms with Gasteiger partial charge in [-0.3, -0.25) is 0 Å². The maximum atomic E-state index is 12.5. The van der Waals surface area contributed by atoms with E-state index in [4.69, 9.17) is 11.6 Å². The van der Waals surface area contributed by atoms with E-state index in [0.29, 0.717) is 22.2 Å². The molecule has 0 bridgehead atoms. The Morgan fingerprint density at radius 2 is 2.00 bits per heavy atom. The van der Waals surface area contributed by atoms with Crippen molar-refractivity contribution in [3.63, 3.8) is 0 Å². The van der Waals surface area contributed by atoms with E-state index in [9.17, 15) is 12.9 Å². The van der Waals surface area contributed by atoms with Gasteiger partial charge in [0.2, 0.25) is 0 Å². The van der Waals surface area contributed by atoms with Crippen LogP contribution in [0.4, 0.5) is 0 Å². The first-order chi connectivity index (χ1) is 8.01. The van der Waals surface area contributed by atoms with Crippen molar-refractivity contribution in [1.29, 1.82) is 0 Å². The van der Waals surface area contributed by atoms with Crippen LogP contribution in [-0.4, -0.2) is 29.1 Å². The third-order valence-electron chi connectivity index (χ3n) is 3.32. The van der Waals surface area contributed by atoms with Gasteiger partial charge in [0, 0.05) is 0 Å². The molecule has 1 saturated carbocycles. The molecule has 0 spiro atoms. The Kier molecular flexibility index (Phi) is 4.04. The summed E-state index contributed by atoms with van der Waals surface area (Å²) >= 11 is 1.60. The molecule has 5 heteroatoms. The van der Waals surface area contributed by atoms with E-state index in [0.717, 1.165) is 12.8 Å². The first-order valence-electron chi connectivity index (χ1n) is 5.78. The summed E-state index contributed by atoms with van der Waals surface area (Å²) in [6.07, 6.45) is 2.44. The number of rotatable bonds is 2. The molecule has 0 saturated heterocycles. The summed E-state index contributed by atoms with van der Waals surface area (Å²) in [7, 11) is 0. The minimum absolute atomic E-state index is 0.404. The average molecular weight is 319 g/mol. The molecule has 3 nitrogen and oxygen atoms in total. The molecule has 2 N–H and O–H groups in total. The molecule has 0 aliphatic heterocycles. The van der Waals surface area contributed by atoms with E-state index in [1.165, 1.54) is 0 Å². The molecule has 0 heterocycles. The van der Waals surface area contributed by atoms with Crippen molar-refractivity contribution in [2.75, 3.05) is 0 Å². The molecule has 17 heavy (non-hydrogen) atoms. The van der Waals surface area contributed by atoms with Crippen molar-refractivity contribution in [2.45, 2.75) is 36.5 Å². The zero-order valence-corrected chi connectivity index (χ0v) is 12.1. The quantitative estimate of drug-likeness (QED) is 0.816. The summed E-state index contributed by atoms with van der Waals surface area (Å²) in [6.45, 7) is 0. The Bertz CT molecular complexity index is 449. The Balaban J connectivity index is 2.31. The van der Waals surface area contributed by atoms with Crippen LogP contribution >= 0.6 is 11.6 Å². The zero-order chi connectivity index (χ0) is 12.5. The van der Waals surface area contributed by atoms with Gasteiger partial charge in [0.25, 0.3) is 0 Å². The second kappa shape index (κ2) is 5.19. The molecule has 0 radical (unpaired) electrons. The fourth-order valence-corrected chi connectivity index (χ4v) is 7.24. The molecule has 1 aromatic carbocycles. The van der Waals surface area contributed by atoms with Gasteiger partial charge in [0.1, 0.15) is 0 Å². The summed E-state index contributed by atoms with van der Waals surface area (Å²) in [4.78, 5) is 0. The van der Waals surface area contributed by atoms with Gasteiger partial charge in [-0.25, -0.2) is 0 Å². The fraction of sp³-hybridized carbons (Fsp3) is 0.500. The SMILES string of the molecule is O=[As](O)(c1cccc(Cl)c1)C1CCCCC1O. The van der Waals surface area contributed by atoms with Gasteiger partial charge in [-0.1, -0.05) is 0 Å². The summed E-state index contributed by atoms with van der Waals surface area (Å²) in [6, 6.07) is 6.53. The second-order valence-corrected chi connectivity index (χ2v) is 10.0. The van der Waals surface area contributed by atoms with Crippen LogP contribution in [0.15, 0.2) is 24.3 Å². The third kappa shape index (κ3) is 2.79. The Morgan fingerprint density at radius 3 is 2.65 bits per heavy atom. The molecule has 2 rings (SSSR count). The van der Waals surface area contributed by atoms with E-state index in [1.54, 1.807) is 24.3 Å². The second-order valence-electron chi connectivity index (χ2n) is 4.52. The van der Waals surface area contributed by atoms with Crippen LogP contribution in [0, 0.1) is 0 Å². The standard InChI is InChI=1S/C12H16AsClO3/c14-10-5-3-4-9(8-10)13(16,17)11-6-1-2-7-12(11)15/h3-5,8,11-12,15H,1-2,6-7H2,(H,16,17). The van der Waals surface area contributed by atoms with Crippen molar-refractivity contribution < 1.29 is 12.9 Å². The maximum absolute atomic E-state index is 12.5. The molecule has 0 aromatic heterocycles. The van der Waals surface area contributed by atoms with Crippen LogP contribution in [0.3, 0.4) is 0 Å². The number of benzene rings is 1. The topological polar surface area (TPSA) is 57.5 Å². The van der Waals surface area contributed by atoms with Crippen LogP contribution in [0.1, 0.15) is 25.7 Å². The van der Waals surface area contributed by atoms with Crippen molar-refractivity contribution in [3.05, 3.63) is 29.3 Å². The number of aliphatic hydroxyl groups excluding tert-OH is 1. The van der Waals surface area contributed by atoms with Crippen LogP contribution in [-0.2, 0) is 3.74 Å². The molecule has 94 valence electrons. The third-order valence-corrected chi connectivity index (χ3v) is 8.84. The van der Waals surface area contributed by atoms with Gasteiger partial charge in [-0.2, -0.15) is 0 Å². The van der Waals surface area contributed by atoms with Crippen LogP contribution in [0.25, 0.3) is 0 Å². The minimum atomic E-state index is -4.24. The van der Waals surface area contributed by atoms with E-state index in [2.05, 4.69) is 0 Å². The van der Waals surface area contributed by atoms with Crippen molar-refractivity contribution >= 4 is 29.8 Å². The molecular weight excluding hydrogens is 303 g/mol. The fourth-order valence-electron chi connectivity index (χ4n) is 2.37. The van der Waals surface area contributed by atoms with Crippen LogP contribution in [0.5, 0.6) is 0 Å². The van der Waals surface area contributed by atoms with Gasteiger partial charge in [-0.15, -0.1) is 0 Å². The molecule has 1 fully saturated rings. The summed E-state index contributed by atoms with van der Waals surface area (Å²) in [5.41, 5.74) is 0. The van der Waals surface area contributed by atoms with E-state index in [-0.39, 0.29) is 0 Å². The summed E-state index contributed by atoms with van der Waals surface area (Å²) < 4.78 is 22.8. The van der Waals surface area contributed by atoms with E-state index >= 15 is 0 Å². The molecule has 1 aromatic rings. The summed E-state index contributed by atoms with van der Waals surface area (Å²) in [5.74, 6) is 0. The van der Waals surface area contributed by atoms with Gasteiger partial charge in [0.15, 0.2) is 0 Å². The number of hydrogen-bond acceptors (Lipinski definition) is 2. The van der Waals surface area contributed by atoms with Gasteiger partial charge < -0.3 is 0 Å². The first-order valence-corrected chi connectivity index (χ1v) is 9.79.